The van der Waals surface area contributed by atoms with Gasteiger partial charge in [-0.05, 0) is 6.26 Å². The fourth-order valence-corrected chi connectivity index (χ4v) is 1.49. The van der Waals surface area contributed by atoms with E-state index in [2.05, 4.69) is 15.3 Å². The second kappa shape index (κ2) is 6.41. The van der Waals surface area contributed by atoms with Crippen LogP contribution in [0.15, 0.2) is 11.4 Å². The van der Waals surface area contributed by atoms with Gasteiger partial charge in [-0.1, -0.05) is 23.4 Å². The maximum Gasteiger partial charge on any atom is 0.305 e. The van der Waals surface area contributed by atoms with Gasteiger partial charge in [0.25, 0.3) is 5.91 Å². The maximum absolute atomic E-state index is 11.6. The van der Waals surface area contributed by atoms with Crippen LogP contribution < -0.4 is 5.32 Å². The molecule has 0 aliphatic carbocycles. The van der Waals surface area contributed by atoms with Crippen LogP contribution in [-0.2, 0) is 4.79 Å². The second-order valence-corrected chi connectivity index (χ2v) is 4.13. The van der Waals surface area contributed by atoms with Crippen molar-refractivity contribution in [3.8, 4) is 0 Å². The molecule has 92 valence electrons. The normalized spacial score (nSPS) is 10.0. The number of hydrogen-bond acceptors (Lipinski definition) is 5. The van der Waals surface area contributed by atoms with Crippen molar-refractivity contribution in [2.75, 3.05) is 12.8 Å². The summed E-state index contributed by atoms with van der Waals surface area (Å²) < 4.78 is 0. The lowest BCUT2D eigenvalue weighted by Crippen LogP contribution is -2.27. The summed E-state index contributed by atoms with van der Waals surface area (Å²) in [5, 5.41) is 11.4. The SMILES string of the molecule is CSc1ncc(Cl)c(C(=O)NCCC(=O)O)n1. The van der Waals surface area contributed by atoms with E-state index in [-0.39, 0.29) is 23.7 Å². The van der Waals surface area contributed by atoms with Crippen molar-refractivity contribution in [1.29, 1.82) is 0 Å². The Hall–Kier alpha value is -1.34. The monoisotopic (exact) mass is 275 g/mol. The molecule has 0 bridgehead atoms. The molecule has 1 rings (SSSR count). The molecular weight excluding hydrogens is 266 g/mol. The van der Waals surface area contributed by atoms with Crippen LogP contribution in [0.4, 0.5) is 0 Å². The molecule has 1 amide bonds. The molecular formula is C9H10ClN3O3S. The Morgan fingerprint density at radius 1 is 1.59 bits per heavy atom. The third-order valence-corrected chi connectivity index (χ3v) is 2.58. The summed E-state index contributed by atoms with van der Waals surface area (Å²) >= 11 is 7.06. The van der Waals surface area contributed by atoms with E-state index in [0.717, 1.165) is 0 Å². The zero-order valence-corrected chi connectivity index (χ0v) is 10.5. The molecule has 0 radical (unpaired) electrons. The topological polar surface area (TPSA) is 92.2 Å². The fourth-order valence-electron chi connectivity index (χ4n) is 0.975. The van der Waals surface area contributed by atoms with E-state index in [1.54, 1.807) is 6.26 Å². The van der Waals surface area contributed by atoms with Gasteiger partial charge in [-0.15, -0.1) is 0 Å². The van der Waals surface area contributed by atoms with Gasteiger partial charge >= 0.3 is 5.97 Å². The molecule has 0 aliphatic rings. The largest absolute Gasteiger partial charge is 0.481 e. The van der Waals surface area contributed by atoms with Crippen LogP contribution in [0.3, 0.4) is 0 Å². The summed E-state index contributed by atoms with van der Waals surface area (Å²) in [5.41, 5.74) is 0.0522. The third kappa shape index (κ3) is 4.20. The van der Waals surface area contributed by atoms with E-state index in [1.165, 1.54) is 18.0 Å². The van der Waals surface area contributed by atoms with Crippen LogP contribution in [0.5, 0.6) is 0 Å². The molecule has 1 aromatic heterocycles. The molecule has 0 aromatic carbocycles. The van der Waals surface area contributed by atoms with Crippen molar-refractivity contribution in [3.05, 3.63) is 16.9 Å². The Labute approximate surface area is 107 Å². The van der Waals surface area contributed by atoms with Gasteiger partial charge in [-0.25, -0.2) is 9.97 Å². The molecule has 0 aliphatic heterocycles. The summed E-state index contributed by atoms with van der Waals surface area (Å²) in [6.45, 7) is 0.0309. The Balaban J connectivity index is 2.70. The molecule has 0 atom stereocenters. The summed E-state index contributed by atoms with van der Waals surface area (Å²) in [4.78, 5) is 29.7. The predicted molar refractivity (Wildman–Crippen MR) is 63.4 cm³/mol. The number of aliphatic carboxylic acids is 1. The highest BCUT2D eigenvalue weighted by atomic mass is 35.5. The van der Waals surface area contributed by atoms with E-state index in [4.69, 9.17) is 16.7 Å². The summed E-state index contributed by atoms with van der Waals surface area (Å²) in [6.07, 6.45) is 2.96. The minimum absolute atomic E-state index is 0.0309. The average molecular weight is 276 g/mol. The number of nitrogens with one attached hydrogen (secondary N) is 1. The van der Waals surface area contributed by atoms with Crippen molar-refractivity contribution in [2.45, 2.75) is 11.6 Å². The third-order valence-electron chi connectivity index (χ3n) is 1.74. The highest BCUT2D eigenvalue weighted by Crippen LogP contribution is 2.16. The number of rotatable bonds is 5. The number of aromatic nitrogens is 2. The van der Waals surface area contributed by atoms with Crippen LogP contribution in [-0.4, -0.2) is 39.8 Å². The van der Waals surface area contributed by atoms with Gasteiger partial charge in [0.15, 0.2) is 10.9 Å². The van der Waals surface area contributed by atoms with Gasteiger partial charge in [-0.2, -0.15) is 0 Å². The number of amides is 1. The fraction of sp³-hybridized carbons (Fsp3) is 0.333. The Kier molecular flexibility index (Phi) is 5.17. The van der Waals surface area contributed by atoms with Crippen LogP contribution in [0.25, 0.3) is 0 Å². The predicted octanol–water partition coefficient (Wildman–Crippen LogP) is 1.06. The van der Waals surface area contributed by atoms with Gasteiger partial charge < -0.3 is 10.4 Å². The van der Waals surface area contributed by atoms with Gasteiger partial charge in [0.1, 0.15) is 0 Å². The highest BCUT2D eigenvalue weighted by Gasteiger charge is 2.13. The van der Waals surface area contributed by atoms with E-state index >= 15 is 0 Å². The molecule has 0 saturated carbocycles. The molecule has 17 heavy (non-hydrogen) atoms. The lowest BCUT2D eigenvalue weighted by molar-refractivity contribution is -0.136. The van der Waals surface area contributed by atoms with Crippen LogP contribution in [0, 0.1) is 0 Å². The number of nitrogens with zero attached hydrogens (tertiary/aromatic N) is 2. The van der Waals surface area contributed by atoms with Crippen LogP contribution in [0.1, 0.15) is 16.9 Å². The Morgan fingerprint density at radius 2 is 2.29 bits per heavy atom. The first-order valence-electron chi connectivity index (χ1n) is 4.61. The molecule has 2 N–H and O–H groups in total. The average Bonchev–Trinajstić information content (AvgIpc) is 2.29. The summed E-state index contributed by atoms with van der Waals surface area (Å²) in [5.74, 6) is -1.49. The molecule has 0 spiro atoms. The maximum atomic E-state index is 11.6. The van der Waals surface area contributed by atoms with Gasteiger partial charge in [0.05, 0.1) is 17.6 Å². The molecule has 0 fully saturated rings. The van der Waals surface area contributed by atoms with Crippen molar-refractivity contribution >= 4 is 35.2 Å². The molecule has 6 nitrogen and oxygen atoms in total. The van der Waals surface area contributed by atoms with Gasteiger partial charge in [0, 0.05) is 6.54 Å². The van der Waals surface area contributed by atoms with E-state index in [9.17, 15) is 9.59 Å². The zero-order chi connectivity index (χ0) is 12.8. The van der Waals surface area contributed by atoms with E-state index in [0.29, 0.717) is 5.16 Å². The van der Waals surface area contributed by atoms with Crippen molar-refractivity contribution in [1.82, 2.24) is 15.3 Å². The van der Waals surface area contributed by atoms with Gasteiger partial charge in [0.2, 0.25) is 0 Å². The molecule has 8 heteroatoms. The Morgan fingerprint density at radius 3 is 2.88 bits per heavy atom. The second-order valence-electron chi connectivity index (χ2n) is 2.95. The van der Waals surface area contributed by atoms with Crippen molar-refractivity contribution in [2.24, 2.45) is 0 Å². The number of halogens is 1. The van der Waals surface area contributed by atoms with Crippen LogP contribution >= 0.6 is 23.4 Å². The number of thioether (sulfide) groups is 1. The molecule has 0 unspecified atom stereocenters. The number of carboxylic acid groups (broad SMARTS) is 1. The first-order valence-corrected chi connectivity index (χ1v) is 6.21. The van der Waals surface area contributed by atoms with Gasteiger partial charge in [-0.3, -0.25) is 9.59 Å². The minimum Gasteiger partial charge on any atom is -0.481 e. The number of carboxylic acids is 1. The summed E-state index contributed by atoms with van der Waals surface area (Å²) in [7, 11) is 0. The first-order chi connectivity index (χ1) is 8.04. The number of hydrogen-bond donors (Lipinski definition) is 2. The van der Waals surface area contributed by atoms with Crippen molar-refractivity contribution in [3.63, 3.8) is 0 Å². The first kappa shape index (κ1) is 13.7. The lowest BCUT2D eigenvalue weighted by Gasteiger charge is -2.05. The van der Waals surface area contributed by atoms with Crippen molar-refractivity contribution < 1.29 is 14.7 Å². The minimum atomic E-state index is -0.983. The van der Waals surface area contributed by atoms with E-state index < -0.39 is 11.9 Å². The number of carbonyl (C=O) groups excluding carboxylic acids is 1. The quantitative estimate of drug-likeness (QED) is 0.616. The summed E-state index contributed by atoms with van der Waals surface area (Å²) in [6, 6.07) is 0. The molecule has 1 heterocycles. The highest BCUT2D eigenvalue weighted by molar-refractivity contribution is 7.98. The lowest BCUT2D eigenvalue weighted by atomic mass is 10.3. The zero-order valence-electron chi connectivity index (χ0n) is 8.94. The van der Waals surface area contributed by atoms with Crippen LogP contribution in [0.2, 0.25) is 5.02 Å². The molecule has 1 aromatic rings. The molecule has 0 saturated heterocycles. The van der Waals surface area contributed by atoms with E-state index in [1.807, 2.05) is 0 Å². The smallest absolute Gasteiger partial charge is 0.305 e. The number of carbonyl (C=O) groups is 2. The Bertz CT molecular complexity index is 441. The standard InChI is InChI=1S/C9H10ClN3O3S/c1-17-9-12-4-5(10)7(13-9)8(16)11-3-2-6(14)15/h4H,2-3H2,1H3,(H,11,16)(H,14,15).